The van der Waals surface area contributed by atoms with Crippen LogP contribution in [0.3, 0.4) is 0 Å². The summed E-state index contributed by atoms with van der Waals surface area (Å²) in [5.41, 5.74) is 10.8. The molecular weight excluding hydrogens is 581 g/mol. The van der Waals surface area contributed by atoms with Crippen molar-refractivity contribution >= 4 is 49.6 Å². The van der Waals surface area contributed by atoms with Crippen LogP contribution in [0.5, 0.6) is 0 Å². The van der Waals surface area contributed by atoms with Gasteiger partial charge in [0.25, 0.3) is 0 Å². The van der Waals surface area contributed by atoms with E-state index < -0.39 is 0 Å². The van der Waals surface area contributed by atoms with Gasteiger partial charge in [-0.2, -0.15) is 0 Å². The summed E-state index contributed by atoms with van der Waals surface area (Å²) in [6.45, 7) is 0. The zero-order valence-corrected chi connectivity index (χ0v) is 26.6. The Labute approximate surface area is 281 Å². The molecule has 7 aromatic carbocycles. The van der Waals surface area contributed by atoms with E-state index in [0.717, 1.165) is 29.2 Å². The van der Waals surface area contributed by atoms with Crippen LogP contribution in [0.2, 0.25) is 0 Å². The highest BCUT2D eigenvalue weighted by atomic mass is 15.1. The highest BCUT2D eigenvalue weighted by molar-refractivity contribution is 6.12. The average molecular weight is 615 g/mol. The zero-order chi connectivity index (χ0) is 31.9. The number of anilines is 3. The molecule has 1 aliphatic rings. The van der Waals surface area contributed by atoms with Crippen LogP contribution in [0.1, 0.15) is 17.9 Å². The molecule has 9 rings (SSSR count). The molecule has 2 heteroatoms. The predicted molar refractivity (Wildman–Crippen MR) is 204 cm³/mol. The highest BCUT2D eigenvalue weighted by Gasteiger charge is 2.21. The molecule has 1 aromatic heterocycles. The first-order valence-electron chi connectivity index (χ1n) is 16.7. The van der Waals surface area contributed by atoms with Crippen LogP contribution in [-0.2, 0) is 0 Å². The number of hydrogen-bond acceptors (Lipinski definition) is 1. The molecular formula is C46H34N2. The third-order valence-corrected chi connectivity index (χ3v) is 9.68. The van der Waals surface area contributed by atoms with Crippen molar-refractivity contribution in [1.29, 1.82) is 0 Å². The minimum absolute atomic E-state index is 0.357. The van der Waals surface area contributed by atoms with Gasteiger partial charge in [0.05, 0.1) is 11.0 Å². The molecule has 0 bridgehead atoms. The van der Waals surface area contributed by atoms with Gasteiger partial charge in [-0.25, -0.2) is 0 Å². The van der Waals surface area contributed by atoms with Crippen LogP contribution in [0.4, 0.5) is 17.1 Å². The van der Waals surface area contributed by atoms with E-state index in [1.165, 1.54) is 49.3 Å². The molecule has 1 heterocycles. The predicted octanol–water partition coefficient (Wildman–Crippen LogP) is 12.7. The van der Waals surface area contributed by atoms with Crippen molar-refractivity contribution in [2.45, 2.75) is 12.3 Å². The monoisotopic (exact) mass is 614 g/mol. The fourth-order valence-electron chi connectivity index (χ4n) is 7.39. The largest absolute Gasteiger partial charge is 0.310 e. The second-order valence-electron chi connectivity index (χ2n) is 12.5. The molecule has 0 aliphatic heterocycles. The van der Waals surface area contributed by atoms with E-state index in [0.29, 0.717) is 5.92 Å². The van der Waals surface area contributed by atoms with E-state index in [-0.39, 0.29) is 0 Å². The van der Waals surface area contributed by atoms with Crippen LogP contribution in [0, 0.1) is 0 Å². The molecule has 1 atom stereocenters. The second kappa shape index (κ2) is 11.9. The lowest BCUT2D eigenvalue weighted by Crippen LogP contribution is -2.10. The Bertz CT molecular complexity index is 2470. The second-order valence-corrected chi connectivity index (χ2v) is 12.5. The molecule has 0 saturated heterocycles. The fourth-order valence-corrected chi connectivity index (χ4v) is 7.39. The maximum Gasteiger partial charge on any atom is 0.0562 e. The number of aromatic nitrogens is 1. The van der Waals surface area contributed by atoms with Gasteiger partial charge in [0.2, 0.25) is 0 Å². The van der Waals surface area contributed by atoms with E-state index in [1.54, 1.807) is 0 Å². The lowest BCUT2D eigenvalue weighted by molar-refractivity contribution is 0.862. The summed E-state index contributed by atoms with van der Waals surface area (Å²) in [7, 11) is 0. The molecule has 0 saturated carbocycles. The van der Waals surface area contributed by atoms with Crippen molar-refractivity contribution in [2.24, 2.45) is 0 Å². The Balaban J connectivity index is 1.21. The molecule has 0 N–H and O–H groups in total. The van der Waals surface area contributed by atoms with Gasteiger partial charge in [0.1, 0.15) is 0 Å². The SMILES string of the molecule is C1=CCC(c2cccc3c2c2ccc(N(c4ccccc4)c4ccc(-c5ccc6ccccc6c5)cc4)cc2n3-c2ccccc2)C=C1. The first-order valence-corrected chi connectivity index (χ1v) is 16.7. The van der Waals surface area contributed by atoms with Crippen LogP contribution < -0.4 is 4.90 Å². The van der Waals surface area contributed by atoms with E-state index >= 15 is 0 Å². The number of allylic oxidation sites excluding steroid dienone is 4. The Kier molecular flexibility index (Phi) is 6.98. The van der Waals surface area contributed by atoms with E-state index in [1.807, 2.05) is 0 Å². The molecule has 0 amide bonds. The standard InChI is InChI=1S/C46H34N2/c1-4-14-35(15-5-1)42-21-12-22-44-46(42)43-30-29-41(32-45(43)48(44)39-19-8-3-9-20-39)47(38-17-6-2-7-18-38)40-27-25-34(26-28-40)37-24-23-33-13-10-11-16-36(33)31-37/h1-14,16-32,35H,15H2. The van der Waals surface area contributed by atoms with Crippen LogP contribution in [0.25, 0.3) is 49.4 Å². The van der Waals surface area contributed by atoms with Gasteiger partial charge in [-0.05, 0) is 94.5 Å². The number of para-hydroxylation sites is 2. The minimum atomic E-state index is 0.357. The quantitative estimate of drug-likeness (QED) is 0.181. The molecule has 2 nitrogen and oxygen atoms in total. The van der Waals surface area contributed by atoms with Crippen molar-refractivity contribution in [1.82, 2.24) is 4.57 Å². The fraction of sp³-hybridized carbons (Fsp3) is 0.0435. The van der Waals surface area contributed by atoms with Crippen LogP contribution in [0.15, 0.2) is 188 Å². The normalized spacial score (nSPS) is 14.2. The van der Waals surface area contributed by atoms with Crippen LogP contribution in [-0.4, -0.2) is 4.57 Å². The third kappa shape index (κ3) is 4.90. The average Bonchev–Trinajstić information content (AvgIpc) is 3.50. The summed E-state index contributed by atoms with van der Waals surface area (Å²) in [6.07, 6.45) is 9.98. The molecule has 0 radical (unpaired) electrons. The summed E-state index contributed by atoms with van der Waals surface area (Å²) in [5, 5.41) is 5.12. The Morgan fingerprint density at radius 3 is 2.00 bits per heavy atom. The number of fused-ring (bicyclic) bond motifs is 4. The van der Waals surface area contributed by atoms with Gasteiger partial charge in [-0.3, -0.25) is 0 Å². The molecule has 228 valence electrons. The maximum atomic E-state index is 2.44. The number of benzene rings is 7. The van der Waals surface area contributed by atoms with E-state index in [4.69, 9.17) is 0 Å². The molecule has 48 heavy (non-hydrogen) atoms. The van der Waals surface area contributed by atoms with E-state index in [2.05, 4.69) is 198 Å². The van der Waals surface area contributed by atoms with Gasteiger partial charge in [0, 0.05) is 39.4 Å². The molecule has 1 unspecified atom stereocenters. The van der Waals surface area contributed by atoms with Crippen molar-refractivity contribution < 1.29 is 0 Å². The Morgan fingerprint density at radius 2 is 1.21 bits per heavy atom. The molecule has 1 aliphatic carbocycles. The first kappa shape index (κ1) is 28.1. The van der Waals surface area contributed by atoms with Crippen molar-refractivity contribution in [3.05, 3.63) is 194 Å². The summed E-state index contributed by atoms with van der Waals surface area (Å²) in [5.74, 6) is 0.357. The third-order valence-electron chi connectivity index (χ3n) is 9.68. The van der Waals surface area contributed by atoms with Crippen molar-refractivity contribution in [3.8, 4) is 16.8 Å². The molecule has 0 fully saturated rings. The smallest absolute Gasteiger partial charge is 0.0562 e. The van der Waals surface area contributed by atoms with Gasteiger partial charge >= 0.3 is 0 Å². The summed E-state index contributed by atoms with van der Waals surface area (Å²) < 4.78 is 2.44. The lowest BCUT2D eigenvalue weighted by Gasteiger charge is -2.26. The van der Waals surface area contributed by atoms with Gasteiger partial charge in [-0.15, -0.1) is 0 Å². The highest BCUT2D eigenvalue weighted by Crippen LogP contribution is 2.43. The first-order chi connectivity index (χ1) is 23.8. The van der Waals surface area contributed by atoms with Gasteiger partial charge in [0.15, 0.2) is 0 Å². The zero-order valence-electron chi connectivity index (χ0n) is 26.6. The number of rotatable bonds is 6. The van der Waals surface area contributed by atoms with Crippen molar-refractivity contribution in [2.75, 3.05) is 4.90 Å². The topological polar surface area (TPSA) is 8.17 Å². The summed E-state index contributed by atoms with van der Waals surface area (Å²) >= 11 is 0. The van der Waals surface area contributed by atoms with Gasteiger partial charge in [-0.1, -0.05) is 127 Å². The minimum Gasteiger partial charge on any atom is -0.310 e. The van der Waals surface area contributed by atoms with E-state index in [9.17, 15) is 0 Å². The van der Waals surface area contributed by atoms with Crippen molar-refractivity contribution in [3.63, 3.8) is 0 Å². The molecule has 0 spiro atoms. The lowest BCUT2D eigenvalue weighted by atomic mass is 9.89. The summed E-state index contributed by atoms with van der Waals surface area (Å²) in [6, 6.07) is 59.5. The van der Waals surface area contributed by atoms with Crippen LogP contribution >= 0.6 is 0 Å². The Morgan fingerprint density at radius 1 is 0.500 bits per heavy atom. The molecule has 8 aromatic rings. The number of nitrogens with zero attached hydrogens (tertiary/aromatic N) is 2. The summed E-state index contributed by atoms with van der Waals surface area (Å²) in [4.78, 5) is 2.37. The van der Waals surface area contributed by atoms with Gasteiger partial charge < -0.3 is 9.47 Å². The Hall–Kier alpha value is -6.12. The number of hydrogen-bond donors (Lipinski definition) is 0. The maximum absolute atomic E-state index is 2.44.